The second-order valence-electron chi connectivity index (χ2n) is 4.11. The van der Waals surface area contributed by atoms with Crippen LogP contribution in [-0.4, -0.2) is 11.0 Å². The molecule has 0 bridgehead atoms. The van der Waals surface area contributed by atoms with Crippen molar-refractivity contribution >= 4 is 10.9 Å². The van der Waals surface area contributed by atoms with Crippen LogP contribution in [0.3, 0.4) is 0 Å². The van der Waals surface area contributed by atoms with Gasteiger partial charge in [0, 0.05) is 29.1 Å². The van der Waals surface area contributed by atoms with Crippen LogP contribution in [0, 0.1) is 12.7 Å². The zero-order chi connectivity index (χ0) is 11.0. The first-order valence-corrected chi connectivity index (χ1v) is 5.10. The number of hydrogen-bond donors (Lipinski definition) is 2. The van der Waals surface area contributed by atoms with Gasteiger partial charge in [-0.3, -0.25) is 0 Å². The van der Waals surface area contributed by atoms with Crippen molar-refractivity contribution in [3.05, 3.63) is 35.3 Å². The lowest BCUT2D eigenvalue weighted by molar-refractivity contribution is 0.620. The molecule has 2 nitrogen and oxygen atoms in total. The summed E-state index contributed by atoms with van der Waals surface area (Å²) in [7, 11) is 0. The molecule has 0 saturated heterocycles. The Bertz CT molecular complexity index is 486. The molecule has 2 rings (SSSR count). The average molecular weight is 206 g/mol. The van der Waals surface area contributed by atoms with Crippen LogP contribution in [0.2, 0.25) is 0 Å². The molecule has 0 aliphatic rings. The number of aromatic amines is 1. The standard InChI is InChI=1S/C12H15FN2/c1-7(14)5-10-6-9-3-4-11(13)8(2)12(9)15-10/h3-4,6-7,15H,5,14H2,1-2H3. The van der Waals surface area contributed by atoms with Gasteiger partial charge in [0.2, 0.25) is 0 Å². The van der Waals surface area contributed by atoms with E-state index in [0.29, 0.717) is 5.56 Å². The molecule has 1 atom stereocenters. The lowest BCUT2D eigenvalue weighted by Gasteiger charge is -2.01. The predicted molar refractivity (Wildman–Crippen MR) is 60.3 cm³/mol. The molecule has 3 heteroatoms. The van der Waals surface area contributed by atoms with Gasteiger partial charge >= 0.3 is 0 Å². The lowest BCUT2D eigenvalue weighted by Crippen LogP contribution is -2.17. The zero-order valence-electron chi connectivity index (χ0n) is 8.97. The van der Waals surface area contributed by atoms with Crippen LogP contribution < -0.4 is 5.73 Å². The van der Waals surface area contributed by atoms with E-state index in [1.54, 1.807) is 13.0 Å². The summed E-state index contributed by atoms with van der Waals surface area (Å²) < 4.78 is 13.3. The molecule has 2 aromatic rings. The van der Waals surface area contributed by atoms with Gasteiger partial charge in [0.25, 0.3) is 0 Å². The minimum atomic E-state index is -0.170. The monoisotopic (exact) mass is 206 g/mol. The molecule has 80 valence electrons. The lowest BCUT2D eigenvalue weighted by atomic mass is 10.1. The van der Waals surface area contributed by atoms with Crippen molar-refractivity contribution in [2.45, 2.75) is 26.3 Å². The highest BCUT2D eigenvalue weighted by Gasteiger charge is 2.07. The number of halogens is 1. The Morgan fingerprint density at radius 2 is 2.20 bits per heavy atom. The van der Waals surface area contributed by atoms with Gasteiger partial charge in [0.1, 0.15) is 5.82 Å². The summed E-state index contributed by atoms with van der Waals surface area (Å²) in [4.78, 5) is 3.22. The Balaban J connectivity index is 2.51. The topological polar surface area (TPSA) is 41.8 Å². The molecule has 3 N–H and O–H groups in total. The highest BCUT2D eigenvalue weighted by atomic mass is 19.1. The van der Waals surface area contributed by atoms with E-state index in [4.69, 9.17) is 5.73 Å². The van der Waals surface area contributed by atoms with Gasteiger partial charge in [-0.15, -0.1) is 0 Å². The molecule has 0 aliphatic carbocycles. The van der Waals surface area contributed by atoms with Crippen molar-refractivity contribution < 1.29 is 4.39 Å². The van der Waals surface area contributed by atoms with Gasteiger partial charge in [0.15, 0.2) is 0 Å². The van der Waals surface area contributed by atoms with Gasteiger partial charge in [0.05, 0.1) is 5.52 Å². The highest BCUT2D eigenvalue weighted by molar-refractivity contribution is 5.83. The Morgan fingerprint density at radius 1 is 1.47 bits per heavy atom. The van der Waals surface area contributed by atoms with Crippen molar-refractivity contribution in [3.8, 4) is 0 Å². The van der Waals surface area contributed by atoms with Gasteiger partial charge in [-0.2, -0.15) is 0 Å². The van der Waals surface area contributed by atoms with Gasteiger partial charge in [-0.1, -0.05) is 0 Å². The predicted octanol–water partition coefficient (Wildman–Crippen LogP) is 2.51. The fraction of sp³-hybridized carbons (Fsp3) is 0.333. The molecule has 0 aliphatic heterocycles. The number of nitrogens with one attached hydrogen (secondary N) is 1. The average Bonchev–Trinajstić information content (AvgIpc) is 2.54. The summed E-state index contributed by atoms with van der Waals surface area (Å²) >= 11 is 0. The molecule has 0 saturated carbocycles. The summed E-state index contributed by atoms with van der Waals surface area (Å²) in [6, 6.07) is 5.44. The van der Waals surface area contributed by atoms with Crippen LogP contribution >= 0.6 is 0 Å². The molecule has 0 radical (unpaired) electrons. The summed E-state index contributed by atoms with van der Waals surface area (Å²) in [5.74, 6) is -0.170. The fourth-order valence-corrected chi connectivity index (χ4v) is 1.83. The zero-order valence-corrected chi connectivity index (χ0v) is 8.97. The van der Waals surface area contributed by atoms with Gasteiger partial charge in [-0.05, 0) is 32.0 Å². The van der Waals surface area contributed by atoms with E-state index in [2.05, 4.69) is 4.98 Å². The van der Waals surface area contributed by atoms with Gasteiger partial charge in [-0.25, -0.2) is 4.39 Å². The number of aryl methyl sites for hydroxylation is 1. The van der Waals surface area contributed by atoms with Crippen LogP contribution in [0.4, 0.5) is 4.39 Å². The number of aromatic nitrogens is 1. The minimum absolute atomic E-state index is 0.114. The van der Waals surface area contributed by atoms with Crippen molar-refractivity contribution in [2.24, 2.45) is 5.73 Å². The van der Waals surface area contributed by atoms with E-state index in [9.17, 15) is 4.39 Å². The maximum absolute atomic E-state index is 13.3. The first-order chi connectivity index (χ1) is 7.08. The van der Waals surface area contributed by atoms with Crippen LogP contribution in [0.25, 0.3) is 10.9 Å². The maximum Gasteiger partial charge on any atom is 0.128 e. The second kappa shape index (κ2) is 3.66. The Kier molecular flexibility index (Phi) is 2.49. The quantitative estimate of drug-likeness (QED) is 0.778. The SMILES string of the molecule is Cc1c(F)ccc2cc(CC(C)N)[nH]c12. The number of fused-ring (bicyclic) bond motifs is 1. The van der Waals surface area contributed by atoms with E-state index in [1.165, 1.54) is 6.07 Å². The number of H-pyrrole nitrogens is 1. The molecular formula is C12H15FN2. The number of nitrogens with two attached hydrogens (primary N) is 1. The first kappa shape index (κ1) is 10.2. The summed E-state index contributed by atoms with van der Waals surface area (Å²) in [6.07, 6.45) is 0.787. The largest absolute Gasteiger partial charge is 0.358 e. The van der Waals surface area contributed by atoms with E-state index in [0.717, 1.165) is 23.0 Å². The normalized spacial score (nSPS) is 13.3. The fourth-order valence-electron chi connectivity index (χ4n) is 1.83. The molecule has 0 amide bonds. The molecule has 1 aromatic carbocycles. The molecule has 15 heavy (non-hydrogen) atoms. The molecule has 1 heterocycles. The second-order valence-corrected chi connectivity index (χ2v) is 4.11. The summed E-state index contributed by atoms with van der Waals surface area (Å²) in [5, 5.41) is 1.05. The minimum Gasteiger partial charge on any atom is -0.358 e. The van der Waals surface area contributed by atoms with Gasteiger partial charge < -0.3 is 10.7 Å². The molecule has 0 fully saturated rings. The Hall–Kier alpha value is -1.35. The molecule has 1 aromatic heterocycles. The smallest absolute Gasteiger partial charge is 0.128 e. The van der Waals surface area contributed by atoms with Crippen LogP contribution in [0.5, 0.6) is 0 Å². The van der Waals surface area contributed by atoms with Crippen molar-refractivity contribution in [1.82, 2.24) is 4.98 Å². The summed E-state index contributed by atoms with van der Waals surface area (Å²) in [5.41, 5.74) is 8.33. The third kappa shape index (κ3) is 1.88. The van der Waals surface area contributed by atoms with Crippen LogP contribution in [-0.2, 0) is 6.42 Å². The number of rotatable bonds is 2. The first-order valence-electron chi connectivity index (χ1n) is 5.10. The van der Waals surface area contributed by atoms with Crippen LogP contribution in [0.15, 0.2) is 18.2 Å². The van der Waals surface area contributed by atoms with Crippen molar-refractivity contribution in [3.63, 3.8) is 0 Å². The van der Waals surface area contributed by atoms with E-state index in [-0.39, 0.29) is 11.9 Å². The van der Waals surface area contributed by atoms with Crippen LogP contribution in [0.1, 0.15) is 18.2 Å². The molecule has 0 spiro atoms. The highest BCUT2D eigenvalue weighted by Crippen LogP contribution is 2.21. The maximum atomic E-state index is 13.3. The third-order valence-corrected chi connectivity index (χ3v) is 2.59. The Labute approximate surface area is 88.3 Å². The van der Waals surface area contributed by atoms with Crippen molar-refractivity contribution in [2.75, 3.05) is 0 Å². The summed E-state index contributed by atoms with van der Waals surface area (Å²) in [6.45, 7) is 3.74. The molecule has 1 unspecified atom stereocenters. The van der Waals surface area contributed by atoms with E-state index < -0.39 is 0 Å². The third-order valence-electron chi connectivity index (χ3n) is 2.59. The number of benzene rings is 1. The molecular weight excluding hydrogens is 191 g/mol. The Morgan fingerprint density at radius 3 is 2.87 bits per heavy atom. The van der Waals surface area contributed by atoms with E-state index >= 15 is 0 Å². The number of hydrogen-bond acceptors (Lipinski definition) is 1. The van der Waals surface area contributed by atoms with E-state index in [1.807, 2.05) is 13.0 Å². The van der Waals surface area contributed by atoms with Crippen molar-refractivity contribution in [1.29, 1.82) is 0 Å².